The highest BCUT2D eigenvalue weighted by molar-refractivity contribution is 5.94. The molecule has 1 N–H and O–H groups in total. The van der Waals surface area contributed by atoms with Crippen molar-refractivity contribution in [3.05, 3.63) is 17.0 Å². The van der Waals surface area contributed by atoms with Crippen molar-refractivity contribution in [2.45, 2.75) is 39.0 Å². The van der Waals surface area contributed by atoms with Crippen LogP contribution in [0.1, 0.15) is 36.2 Å². The van der Waals surface area contributed by atoms with Gasteiger partial charge in [-0.2, -0.15) is 5.10 Å². The van der Waals surface area contributed by atoms with Crippen LogP contribution in [0.15, 0.2) is 0 Å². The van der Waals surface area contributed by atoms with Crippen molar-refractivity contribution in [3.8, 4) is 0 Å². The lowest BCUT2D eigenvalue weighted by Crippen LogP contribution is -2.18. The molecule has 120 valence electrons. The van der Waals surface area contributed by atoms with E-state index in [4.69, 9.17) is 4.98 Å². The van der Waals surface area contributed by atoms with E-state index < -0.39 is 0 Å². The first-order valence-corrected chi connectivity index (χ1v) is 8.31. The van der Waals surface area contributed by atoms with Crippen LogP contribution in [-0.4, -0.2) is 46.8 Å². The van der Waals surface area contributed by atoms with Gasteiger partial charge in [-0.25, -0.2) is 4.98 Å². The van der Waals surface area contributed by atoms with Gasteiger partial charge in [0.15, 0.2) is 5.65 Å². The summed E-state index contributed by atoms with van der Waals surface area (Å²) in [6.45, 7) is 4.19. The van der Waals surface area contributed by atoms with Gasteiger partial charge in [-0.1, -0.05) is 0 Å². The molecule has 2 aromatic heterocycles. The molecule has 0 aromatic carbocycles. The number of aromatic nitrogens is 3. The molecule has 0 unspecified atom stereocenters. The molecule has 0 saturated carbocycles. The molecule has 0 atom stereocenters. The van der Waals surface area contributed by atoms with Crippen molar-refractivity contribution >= 4 is 16.7 Å². The fourth-order valence-electron chi connectivity index (χ4n) is 3.43. The molecule has 1 aliphatic rings. The summed E-state index contributed by atoms with van der Waals surface area (Å²) in [4.78, 5) is 7.14. The molecule has 5 heteroatoms. The number of fused-ring (bicyclic) bond motifs is 2. The predicted molar refractivity (Wildman–Crippen MR) is 91.5 cm³/mol. The summed E-state index contributed by atoms with van der Waals surface area (Å²) >= 11 is 0. The lowest BCUT2D eigenvalue weighted by atomic mass is 9.93. The van der Waals surface area contributed by atoms with E-state index in [1.54, 1.807) is 0 Å². The second-order valence-corrected chi connectivity index (χ2v) is 6.61. The van der Waals surface area contributed by atoms with Crippen LogP contribution < -0.4 is 5.32 Å². The van der Waals surface area contributed by atoms with Gasteiger partial charge in [0.25, 0.3) is 0 Å². The molecule has 0 amide bonds. The van der Waals surface area contributed by atoms with E-state index in [9.17, 15) is 0 Å². The summed E-state index contributed by atoms with van der Waals surface area (Å²) in [7, 11) is 6.24. The van der Waals surface area contributed by atoms with E-state index >= 15 is 0 Å². The maximum atomic E-state index is 4.91. The number of aryl methyl sites for hydroxylation is 3. The molecule has 0 fully saturated rings. The van der Waals surface area contributed by atoms with Crippen LogP contribution in [0.5, 0.6) is 0 Å². The summed E-state index contributed by atoms with van der Waals surface area (Å²) in [6, 6.07) is 0. The summed E-state index contributed by atoms with van der Waals surface area (Å²) in [5.41, 5.74) is 6.10. The van der Waals surface area contributed by atoms with Crippen LogP contribution in [0.4, 0.5) is 5.69 Å². The van der Waals surface area contributed by atoms with Gasteiger partial charge in [0.2, 0.25) is 0 Å². The summed E-state index contributed by atoms with van der Waals surface area (Å²) in [5, 5.41) is 9.51. The summed E-state index contributed by atoms with van der Waals surface area (Å²) in [6.07, 6.45) is 5.91. The number of nitrogens with one attached hydrogen (secondary N) is 1. The van der Waals surface area contributed by atoms with Crippen molar-refractivity contribution in [1.82, 2.24) is 19.7 Å². The van der Waals surface area contributed by atoms with Crippen molar-refractivity contribution in [2.24, 2.45) is 7.05 Å². The Bertz CT molecular complexity index is 671. The Morgan fingerprint density at radius 2 is 2.00 bits per heavy atom. The topological polar surface area (TPSA) is 46.0 Å². The van der Waals surface area contributed by atoms with Crippen molar-refractivity contribution in [2.75, 3.05) is 32.5 Å². The largest absolute Gasteiger partial charge is 0.384 e. The number of anilines is 1. The third-order valence-corrected chi connectivity index (χ3v) is 4.51. The van der Waals surface area contributed by atoms with Gasteiger partial charge in [-0.3, -0.25) is 4.68 Å². The van der Waals surface area contributed by atoms with Gasteiger partial charge in [-0.15, -0.1) is 0 Å². The molecule has 0 bridgehead atoms. The minimum atomic E-state index is 0.998. The zero-order valence-corrected chi connectivity index (χ0v) is 14.2. The minimum Gasteiger partial charge on any atom is -0.384 e. The van der Waals surface area contributed by atoms with Gasteiger partial charge in [0, 0.05) is 19.3 Å². The molecule has 2 heterocycles. The normalized spacial score (nSPS) is 14.6. The molecular weight excluding hydrogens is 274 g/mol. The van der Waals surface area contributed by atoms with Crippen LogP contribution in [0.2, 0.25) is 0 Å². The number of pyridine rings is 1. The third-order valence-electron chi connectivity index (χ3n) is 4.51. The number of rotatable bonds is 5. The maximum Gasteiger partial charge on any atom is 0.160 e. The first kappa shape index (κ1) is 15.3. The highest BCUT2D eigenvalue weighted by atomic mass is 15.3. The second-order valence-electron chi connectivity index (χ2n) is 6.61. The second kappa shape index (κ2) is 6.24. The van der Waals surface area contributed by atoms with E-state index in [-0.39, 0.29) is 0 Å². The lowest BCUT2D eigenvalue weighted by Gasteiger charge is -2.21. The van der Waals surface area contributed by atoms with Gasteiger partial charge in [0.05, 0.1) is 16.8 Å². The van der Waals surface area contributed by atoms with E-state index in [1.807, 2.05) is 11.7 Å². The SMILES string of the molecule is Cc1nn(C)c2nc3c(c(NCCCN(C)C)c12)CCCC3. The fourth-order valence-corrected chi connectivity index (χ4v) is 3.43. The Labute approximate surface area is 132 Å². The van der Waals surface area contributed by atoms with Crippen LogP contribution in [0.25, 0.3) is 11.0 Å². The Kier molecular flexibility index (Phi) is 4.34. The van der Waals surface area contributed by atoms with Gasteiger partial charge in [0.1, 0.15) is 0 Å². The molecule has 22 heavy (non-hydrogen) atoms. The van der Waals surface area contributed by atoms with E-state index in [2.05, 4.69) is 36.3 Å². The van der Waals surface area contributed by atoms with Crippen LogP contribution in [0, 0.1) is 6.92 Å². The highest BCUT2D eigenvalue weighted by Gasteiger charge is 2.21. The smallest absolute Gasteiger partial charge is 0.160 e. The molecule has 1 aliphatic carbocycles. The predicted octanol–water partition coefficient (Wildman–Crippen LogP) is 2.52. The molecule has 0 aliphatic heterocycles. The number of hydrogen-bond donors (Lipinski definition) is 1. The average molecular weight is 301 g/mol. The van der Waals surface area contributed by atoms with Crippen molar-refractivity contribution < 1.29 is 0 Å². The van der Waals surface area contributed by atoms with E-state index in [1.165, 1.54) is 35.2 Å². The lowest BCUT2D eigenvalue weighted by molar-refractivity contribution is 0.405. The number of nitrogens with zero attached hydrogens (tertiary/aromatic N) is 4. The first-order valence-electron chi connectivity index (χ1n) is 8.31. The first-order chi connectivity index (χ1) is 10.6. The van der Waals surface area contributed by atoms with Gasteiger partial charge < -0.3 is 10.2 Å². The van der Waals surface area contributed by atoms with Crippen LogP contribution in [0.3, 0.4) is 0 Å². The molecule has 3 rings (SSSR count). The Balaban J connectivity index is 1.97. The quantitative estimate of drug-likeness (QED) is 0.862. The molecular formula is C17H27N5. The fraction of sp³-hybridized carbons (Fsp3) is 0.647. The Morgan fingerprint density at radius 3 is 2.77 bits per heavy atom. The minimum absolute atomic E-state index is 0.998. The highest BCUT2D eigenvalue weighted by Crippen LogP contribution is 2.34. The summed E-state index contributed by atoms with van der Waals surface area (Å²) < 4.78 is 1.92. The van der Waals surface area contributed by atoms with Crippen molar-refractivity contribution in [1.29, 1.82) is 0 Å². The molecule has 0 radical (unpaired) electrons. The van der Waals surface area contributed by atoms with Crippen LogP contribution in [-0.2, 0) is 19.9 Å². The van der Waals surface area contributed by atoms with Crippen molar-refractivity contribution in [3.63, 3.8) is 0 Å². The third kappa shape index (κ3) is 2.82. The standard InChI is InChI=1S/C17H27N5/c1-12-15-16(18-10-7-11-21(2)3)13-8-5-6-9-14(13)19-17(15)22(4)20-12/h5-11H2,1-4H3,(H,18,19). The zero-order valence-electron chi connectivity index (χ0n) is 14.2. The maximum absolute atomic E-state index is 4.91. The monoisotopic (exact) mass is 301 g/mol. The van der Waals surface area contributed by atoms with Gasteiger partial charge >= 0.3 is 0 Å². The van der Waals surface area contributed by atoms with E-state index in [0.717, 1.165) is 43.7 Å². The van der Waals surface area contributed by atoms with Gasteiger partial charge in [-0.05, 0) is 65.2 Å². The molecule has 0 saturated heterocycles. The Morgan fingerprint density at radius 1 is 1.23 bits per heavy atom. The summed E-state index contributed by atoms with van der Waals surface area (Å²) in [5.74, 6) is 0. The van der Waals surface area contributed by atoms with Crippen LogP contribution >= 0.6 is 0 Å². The average Bonchev–Trinajstić information content (AvgIpc) is 2.77. The zero-order chi connectivity index (χ0) is 15.7. The van der Waals surface area contributed by atoms with E-state index in [0.29, 0.717) is 0 Å². The molecule has 5 nitrogen and oxygen atoms in total. The molecule has 0 spiro atoms. The number of hydrogen-bond acceptors (Lipinski definition) is 4. The molecule has 2 aromatic rings. The Hall–Kier alpha value is -1.62.